The maximum Gasteiger partial charge on any atom is 0.414 e. The number of benzene rings is 1. The van der Waals surface area contributed by atoms with Gasteiger partial charge >= 0.3 is 12.1 Å². The van der Waals surface area contributed by atoms with Crippen LogP contribution in [0.4, 0.5) is 15.5 Å². The highest BCUT2D eigenvalue weighted by atomic mass is 16.6. The van der Waals surface area contributed by atoms with Crippen molar-refractivity contribution in [3.05, 3.63) is 24.3 Å². The van der Waals surface area contributed by atoms with E-state index in [-0.39, 0.29) is 18.6 Å². The minimum Gasteiger partial charge on any atom is -0.447 e. The fourth-order valence-electron chi connectivity index (χ4n) is 2.11. The molecule has 2 rings (SSSR count). The second kappa shape index (κ2) is 8.88. The first-order valence-corrected chi connectivity index (χ1v) is 7.85. The van der Waals surface area contributed by atoms with Crippen molar-refractivity contribution in [1.29, 1.82) is 0 Å². The van der Waals surface area contributed by atoms with E-state index in [0.29, 0.717) is 24.2 Å². The molecular weight excluding hydrogens is 312 g/mol. The highest BCUT2D eigenvalue weighted by Gasteiger charge is 2.18. The van der Waals surface area contributed by atoms with E-state index < -0.39 is 6.09 Å². The van der Waals surface area contributed by atoms with Crippen molar-refractivity contribution in [3.63, 3.8) is 0 Å². The molecular formula is C16H22N4O4. The van der Waals surface area contributed by atoms with E-state index in [1.807, 2.05) is 13.0 Å². The fourth-order valence-corrected chi connectivity index (χ4v) is 2.11. The smallest absolute Gasteiger partial charge is 0.414 e. The first kappa shape index (κ1) is 17.7. The minimum absolute atomic E-state index is 0.116. The summed E-state index contributed by atoms with van der Waals surface area (Å²) in [5.41, 5.74) is 1.22. The van der Waals surface area contributed by atoms with Gasteiger partial charge in [0.25, 0.3) is 0 Å². The summed E-state index contributed by atoms with van der Waals surface area (Å²) in [5.74, 6) is 0.118. The molecule has 2 amide bonds. The lowest BCUT2D eigenvalue weighted by Crippen LogP contribution is -2.31. The molecule has 1 heterocycles. The number of ether oxygens (including phenoxy) is 2. The molecule has 2 N–H and O–H groups in total. The number of anilines is 1. The Hall–Kier alpha value is -2.61. The number of methoxy groups -OCH3 is 1. The van der Waals surface area contributed by atoms with Crippen molar-refractivity contribution in [2.24, 2.45) is 0 Å². The molecule has 0 saturated carbocycles. The molecule has 130 valence electrons. The molecule has 1 aromatic carbocycles. The van der Waals surface area contributed by atoms with Crippen LogP contribution in [0.15, 0.2) is 24.3 Å². The van der Waals surface area contributed by atoms with Crippen LogP contribution >= 0.6 is 0 Å². The average Bonchev–Trinajstić information content (AvgIpc) is 2.93. The van der Waals surface area contributed by atoms with Gasteiger partial charge in [0, 0.05) is 13.7 Å². The Labute approximate surface area is 140 Å². The van der Waals surface area contributed by atoms with Gasteiger partial charge in [-0.2, -0.15) is 0 Å². The molecule has 0 atom stereocenters. The van der Waals surface area contributed by atoms with E-state index in [0.717, 1.165) is 12.8 Å². The molecule has 2 aromatic rings. The molecule has 0 radical (unpaired) electrons. The van der Waals surface area contributed by atoms with Crippen LogP contribution in [-0.4, -0.2) is 48.5 Å². The zero-order valence-electron chi connectivity index (χ0n) is 13.9. The normalized spacial score (nSPS) is 10.6. The molecule has 1 aromatic heterocycles. The molecule has 0 saturated heterocycles. The summed E-state index contributed by atoms with van der Waals surface area (Å²) in [5, 5.41) is 5.32. The predicted octanol–water partition coefficient (Wildman–Crippen LogP) is 2.59. The summed E-state index contributed by atoms with van der Waals surface area (Å²) in [6, 6.07) is 6.82. The van der Waals surface area contributed by atoms with Crippen LogP contribution in [0.1, 0.15) is 19.8 Å². The molecule has 8 heteroatoms. The summed E-state index contributed by atoms with van der Waals surface area (Å²) in [6.07, 6.45) is 1.16. The minimum atomic E-state index is -0.690. The van der Waals surface area contributed by atoms with Crippen molar-refractivity contribution in [3.8, 4) is 0 Å². The van der Waals surface area contributed by atoms with E-state index in [9.17, 15) is 9.59 Å². The molecule has 0 aliphatic carbocycles. The molecule has 0 aliphatic rings. The van der Waals surface area contributed by atoms with Gasteiger partial charge in [0.1, 0.15) is 6.61 Å². The van der Waals surface area contributed by atoms with Gasteiger partial charge < -0.3 is 14.8 Å². The summed E-state index contributed by atoms with van der Waals surface area (Å²) in [7, 11) is 1.52. The summed E-state index contributed by atoms with van der Waals surface area (Å²) in [6.45, 7) is 3.01. The van der Waals surface area contributed by atoms with Crippen molar-refractivity contribution in [2.75, 3.05) is 32.2 Å². The Balaban J connectivity index is 2.20. The number of para-hydroxylation sites is 2. The van der Waals surface area contributed by atoms with Crippen LogP contribution in [0, 0.1) is 0 Å². The maximum absolute atomic E-state index is 12.5. The number of nitrogens with one attached hydrogen (secondary N) is 2. The third kappa shape index (κ3) is 4.45. The number of amides is 2. The van der Waals surface area contributed by atoms with Crippen LogP contribution in [0.5, 0.6) is 0 Å². The van der Waals surface area contributed by atoms with Crippen molar-refractivity contribution >= 4 is 29.1 Å². The van der Waals surface area contributed by atoms with Crippen LogP contribution in [-0.2, 0) is 9.47 Å². The van der Waals surface area contributed by atoms with Crippen LogP contribution in [0.25, 0.3) is 11.0 Å². The number of fused-ring (bicyclic) bond motifs is 1. The molecule has 0 unspecified atom stereocenters. The van der Waals surface area contributed by atoms with Gasteiger partial charge in [-0.25, -0.2) is 19.1 Å². The van der Waals surface area contributed by atoms with E-state index in [2.05, 4.69) is 15.6 Å². The topological polar surface area (TPSA) is 94.5 Å². The number of rotatable bonds is 7. The molecule has 24 heavy (non-hydrogen) atoms. The lowest BCUT2D eigenvalue weighted by Gasteiger charge is -2.10. The van der Waals surface area contributed by atoms with Crippen LogP contribution in [0.3, 0.4) is 0 Å². The second-order valence-corrected chi connectivity index (χ2v) is 5.10. The van der Waals surface area contributed by atoms with Gasteiger partial charge in [-0.3, -0.25) is 5.32 Å². The lowest BCUT2D eigenvalue weighted by atomic mass is 10.3. The first-order valence-electron chi connectivity index (χ1n) is 7.85. The number of hydrogen-bond donors (Lipinski definition) is 2. The maximum atomic E-state index is 12.5. The SMILES string of the molecule is CCCCNC(=O)n1c(NC(=O)OCCOC)nc2ccccc21. The van der Waals surface area contributed by atoms with Crippen molar-refractivity contribution in [2.45, 2.75) is 19.8 Å². The second-order valence-electron chi connectivity index (χ2n) is 5.10. The highest BCUT2D eigenvalue weighted by molar-refractivity contribution is 5.96. The Morgan fingerprint density at radius 1 is 1.25 bits per heavy atom. The summed E-state index contributed by atoms with van der Waals surface area (Å²) >= 11 is 0. The zero-order chi connectivity index (χ0) is 17.4. The predicted molar refractivity (Wildman–Crippen MR) is 90.3 cm³/mol. The Morgan fingerprint density at radius 3 is 2.79 bits per heavy atom. The molecule has 8 nitrogen and oxygen atoms in total. The van der Waals surface area contributed by atoms with Gasteiger partial charge in [-0.15, -0.1) is 0 Å². The third-order valence-corrected chi connectivity index (χ3v) is 3.30. The number of imidazole rings is 1. The number of carbonyl (C=O) groups is 2. The third-order valence-electron chi connectivity index (χ3n) is 3.30. The van der Waals surface area contributed by atoms with Gasteiger partial charge in [0.05, 0.1) is 17.6 Å². The largest absolute Gasteiger partial charge is 0.447 e. The van der Waals surface area contributed by atoms with Crippen molar-refractivity contribution in [1.82, 2.24) is 14.9 Å². The van der Waals surface area contributed by atoms with Crippen LogP contribution < -0.4 is 10.6 Å². The number of unbranched alkanes of at least 4 members (excludes halogenated alkanes) is 1. The molecule has 0 bridgehead atoms. The van der Waals surface area contributed by atoms with Gasteiger partial charge in [0.2, 0.25) is 5.95 Å². The summed E-state index contributed by atoms with van der Waals surface area (Å²) in [4.78, 5) is 28.6. The molecule has 0 spiro atoms. The Kier molecular flexibility index (Phi) is 6.56. The lowest BCUT2D eigenvalue weighted by molar-refractivity contribution is 0.107. The zero-order valence-corrected chi connectivity index (χ0v) is 13.9. The number of aromatic nitrogens is 2. The highest BCUT2D eigenvalue weighted by Crippen LogP contribution is 2.19. The van der Waals surface area contributed by atoms with Gasteiger partial charge in [0.15, 0.2) is 0 Å². The van der Waals surface area contributed by atoms with Crippen molar-refractivity contribution < 1.29 is 19.1 Å². The summed E-state index contributed by atoms with van der Waals surface area (Å²) < 4.78 is 11.1. The van der Waals surface area contributed by atoms with E-state index in [1.165, 1.54) is 11.7 Å². The van der Waals surface area contributed by atoms with E-state index in [4.69, 9.17) is 9.47 Å². The Morgan fingerprint density at radius 2 is 2.04 bits per heavy atom. The van der Waals surface area contributed by atoms with Crippen LogP contribution in [0.2, 0.25) is 0 Å². The van der Waals surface area contributed by atoms with E-state index in [1.54, 1.807) is 18.2 Å². The standard InChI is InChI=1S/C16H22N4O4/c1-3-4-9-17-15(21)20-13-8-6-5-7-12(13)18-14(20)19-16(22)24-11-10-23-2/h5-8H,3-4,9-11H2,1-2H3,(H,17,21)(H,18,19,22). The monoisotopic (exact) mass is 334 g/mol. The van der Waals surface area contributed by atoms with E-state index >= 15 is 0 Å². The average molecular weight is 334 g/mol. The number of nitrogens with zero attached hydrogens (tertiary/aromatic N) is 2. The van der Waals surface area contributed by atoms with Gasteiger partial charge in [-0.1, -0.05) is 25.5 Å². The number of hydrogen-bond acceptors (Lipinski definition) is 5. The molecule has 0 fully saturated rings. The quantitative estimate of drug-likeness (QED) is 0.759. The number of carbonyl (C=O) groups excluding carboxylic acids is 2. The first-order chi connectivity index (χ1) is 11.7. The Bertz CT molecular complexity index is 698. The fraction of sp³-hybridized carbons (Fsp3) is 0.438. The molecule has 0 aliphatic heterocycles. The van der Waals surface area contributed by atoms with Gasteiger partial charge in [-0.05, 0) is 18.6 Å².